The second-order valence-electron chi connectivity index (χ2n) is 26.7. The summed E-state index contributed by atoms with van der Waals surface area (Å²) in [6.45, 7) is 19.0. The Morgan fingerprint density at radius 3 is 1.82 bits per heavy atom. The van der Waals surface area contributed by atoms with Crippen molar-refractivity contribution in [1.29, 1.82) is 0 Å². The summed E-state index contributed by atoms with van der Waals surface area (Å²) in [5, 5.41) is 71.0. The highest BCUT2D eigenvalue weighted by Crippen LogP contribution is 2.73. The van der Waals surface area contributed by atoms with Crippen LogP contribution >= 0.6 is 0 Å². The van der Waals surface area contributed by atoms with Crippen LogP contribution in [0.3, 0.4) is 0 Å². The van der Waals surface area contributed by atoms with Gasteiger partial charge < -0.3 is 49.6 Å². The van der Waals surface area contributed by atoms with Gasteiger partial charge in [-0.3, -0.25) is 9.97 Å². The third-order valence-corrected chi connectivity index (χ3v) is 23.9. The summed E-state index contributed by atoms with van der Waals surface area (Å²) in [7, 11) is 0. The molecule has 4 aliphatic heterocycles. The molecule has 23 atom stereocenters. The number of ether oxygens (including phenoxy) is 4. The molecule has 2 spiro atoms. The molecule has 0 amide bonds. The molecule has 1 aromatic heterocycles. The van der Waals surface area contributed by atoms with Gasteiger partial charge in [0.2, 0.25) is 5.79 Å². The van der Waals surface area contributed by atoms with Crippen LogP contribution in [0.4, 0.5) is 0 Å². The second kappa shape index (κ2) is 13.6. The van der Waals surface area contributed by atoms with Gasteiger partial charge in [0.25, 0.3) is 0 Å². The molecular formula is C55H78N2O10. The highest BCUT2D eigenvalue weighted by molar-refractivity contribution is 5.44. The molecule has 12 aliphatic rings. The molecule has 368 valence electrons. The number of hydrogen-bond acceptors (Lipinski definition) is 12. The first-order valence-corrected chi connectivity index (χ1v) is 26.5. The Bertz CT molecular complexity index is 2370. The fourth-order valence-electron chi connectivity index (χ4n) is 19.7. The van der Waals surface area contributed by atoms with E-state index in [1.165, 1.54) is 5.57 Å². The van der Waals surface area contributed by atoms with E-state index in [9.17, 15) is 30.6 Å². The quantitative estimate of drug-likeness (QED) is 0.204. The van der Waals surface area contributed by atoms with Crippen LogP contribution in [0.15, 0.2) is 23.3 Å². The molecule has 8 aliphatic carbocycles. The molecule has 4 saturated carbocycles. The predicted octanol–water partition coefficient (Wildman–Crippen LogP) is 5.54. The van der Waals surface area contributed by atoms with Gasteiger partial charge in [-0.2, -0.15) is 0 Å². The zero-order valence-electron chi connectivity index (χ0n) is 41.4. The fourth-order valence-corrected chi connectivity index (χ4v) is 19.7. The molecule has 8 fully saturated rings. The van der Waals surface area contributed by atoms with Gasteiger partial charge >= 0.3 is 0 Å². The minimum Gasteiger partial charge on any atom is -0.395 e. The number of aliphatic hydroxyl groups is 6. The lowest BCUT2D eigenvalue weighted by molar-refractivity contribution is -0.280. The van der Waals surface area contributed by atoms with E-state index in [0.717, 1.165) is 86.1 Å². The van der Waals surface area contributed by atoms with Crippen molar-refractivity contribution in [2.45, 2.75) is 198 Å². The highest BCUT2D eigenvalue weighted by atomic mass is 16.7. The van der Waals surface area contributed by atoms with Crippen LogP contribution in [0.1, 0.15) is 136 Å². The molecule has 6 N–H and O–H groups in total. The SMILES string of the molecule is CC1C[C@]2(O[C@H]3C=C4[C@@H]5CC[C@H]6Cc7nc8c(nc7C[C@]6(C)[C@H]5C[C@@H](O)[C@]4(CO)[C@H]3[C@@H]2C)C[C@@H]2CC[C@H]3C4=C[C@@H]5O[C@]6(O[C@](C)(CO)C[C@H]6O)[C@@H](C)[C@]5(O)[C@@]4(C)[C@H](O)C[C@@H]3[C@@]2(C)C8)OC1(C)C. The maximum atomic E-state index is 12.9. The van der Waals surface area contributed by atoms with Gasteiger partial charge in [0, 0.05) is 41.4 Å². The van der Waals surface area contributed by atoms with E-state index in [4.69, 9.17) is 28.9 Å². The van der Waals surface area contributed by atoms with Gasteiger partial charge in [0.15, 0.2) is 5.79 Å². The Labute approximate surface area is 396 Å². The molecule has 4 saturated heterocycles. The largest absolute Gasteiger partial charge is 0.395 e. The molecule has 5 heterocycles. The number of hydrogen-bond donors (Lipinski definition) is 6. The number of nitrogens with zero attached hydrogens (tertiary/aromatic N) is 2. The zero-order chi connectivity index (χ0) is 47.2. The van der Waals surface area contributed by atoms with Gasteiger partial charge in [0.05, 0.1) is 65.5 Å². The summed E-state index contributed by atoms with van der Waals surface area (Å²) in [4.78, 5) is 11.2. The number of aromatic nitrogens is 2. The molecule has 1 aromatic rings. The Kier molecular flexibility index (Phi) is 9.15. The Hall–Kier alpha value is -1.84. The second-order valence-corrected chi connectivity index (χ2v) is 26.7. The molecule has 0 bridgehead atoms. The van der Waals surface area contributed by atoms with Crippen molar-refractivity contribution in [3.63, 3.8) is 0 Å². The molecule has 0 aromatic carbocycles. The molecule has 12 nitrogen and oxygen atoms in total. The smallest absolute Gasteiger partial charge is 0.201 e. The van der Waals surface area contributed by atoms with E-state index in [1.54, 1.807) is 6.92 Å². The average molecular weight is 927 g/mol. The summed E-state index contributed by atoms with van der Waals surface area (Å²) < 4.78 is 26.8. The molecule has 12 heteroatoms. The molecular weight excluding hydrogens is 849 g/mol. The van der Waals surface area contributed by atoms with Crippen LogP contribution in [0.2, 0.25) is 0 Å². The first-order valence-electron chi connectivity index (χ1n) is 26.5. The van der Waals surface area contributed by atoms with Crippen LogP contribution < -0.4 is 0 Å². The molecule has 1 unspecified atom stereocenters. The Morgan fingerprint density at radius 1 is 0.672 bits per heavy atom. The third-order valence-electron chi connectivity index (χ3n) is 23.9. The molecule has 67 heavy (non-hydrogen) atoms. The summed E-state index contributed by atoms with van der Waals surface area (Å²) in [6, 6.07) is 0. The van der Waals surface area contributed by atoms with Gasteiger partial charge in [-0.05, 0) is 137 Å². The van der Waals surface area contributed by atoms with Crippen LogP contribution in [-0.2, 0) is 44.6 Å². The van der Waals surface area contributed by atoms with E-state index in [0.29, 0.717) is 30.6 Å². The van der Waals surface area contributed by atoms with Crippen molar-refractivity contribution in [1.82, 2.24) is 9.97 Å². The summed E-state index contributed by atoms with van der Waals surface area (Å²) >= 11 is 0. The standard InChI is InChI=1S/C55H78N2O10/c1-26-20-53(66-47(26,4)5)27(2)46-41(64-53)16-36-32-13-11-30-15-38-40(22-50(30,8)34(32)18-43(61)52(36,46)25-59)57-37-14-29-10-12-31-33(49(29,7)21-39(37)56-38)17-42(60)51(9)35(31)19-45-54(51,63)28(3)55(65-45)44(62)23-48(6,24-58)67-55/h16,19,26-34,41-46,58-63H,10-15,17-18,20-25H2,1-9H3/t26?,27-,28-,29-,30-,31+,32+,33-,34-,41-,42+,43+,44+,45-,46-,48-,49-,50-,51+,52+,53-,54+,55-/m0/s1. The monoisotopic (exact) mass is 927 g/mol. The van der Waals surface area contributed by atoms with Crippen LogP contribution in [-0.4, -0.2) is 113 Å². The molecule has 0 radical (unpaired) electrons. The van der Waals surface area contributed by atoms with E-state index in [2.05, 4.69) is 53.7 Å². The van der Waals surface area contributed by atoms with Crippen LogP contribution in [0.5, 0.6) is 0 Å². The van der Waals surface area contributed by atoms with E-state index in [1.807, 2.05) is 13.8 Å². The van der Waals surface area contributed by atoms with Gasteiger partial charge in [0.1, 0.15) is 17.8 Å². The minimum absolute atomic E-state index is 0.0282. The molecule has 13 rings (SSSR count). The predicted molar refractivity (Wildman–Crippen MR) is 246 cm³/mol. The van der Waals surface area contributed by atoms with Crippen molar-refractivity contribution in [2.24, 2.45) is 80.8 Å². The number of aliphatic hydroxyl groups excluding tert-OH is 5. The third kappa shape index (κ3) is 5.16. The van der Waals surface area contributed by atoms with Crippen molar-refractivity contribution in [3.8, 4) is 0 Å². The zero-order valence-corrected chi connectivity index (χ0v) is 41.4. The van der Waals surface area contributed by atoms with Crippen molar-refractivity contribution in [3.05, 3.63) is 46.1 Å². The number of fused-ring (bicyclic) bond motifs is 16. The average Bonchev–Trinajstić information content (AvgIpc) is 4.01. The lowest BCUT2D eigenvalue weighted by atomic mass is 9.44. The van der Waals surface area contributed by atoms with Gasteiger partial charge in [-0.15, -0.1) is 0 Å². The lowest BCUT2D eigenvalue weighted by Gasteiger charge is -2.61. The van der Waals surface area contributed by atoms with E-state index in [-0.39, 0.29) is 77.7 Å². The topological polar surface area (TPSA) is 184 Å². The fraction of sp³-hybridized carbons (Fsp3) is 0.855. The van der Waals surface area contributed by atoms with Crippen molar-refractivity contribution < 1.29 is 49.6 Å². The summed E-state index contributed by atoms with van der Waals surface area (Å²) in [5.74, 6) is -0.753. The van der Waals surface area contributed by atoms with E-state index >= 15 is 0 Å². The lowest BCUT2D eigenvalue weighted by Crippen LogP contribution is -2.65. The van der Waals surface area contributed by atoms with Crippen molar-refractivity contribution in [2.75, 3.05) is 13.2 Å². The first-order chi connectivity index (χ1) is 31.5. The minimum atomic E-state index is -1.49. The van der Waals surface area contributed by atoms with Gasteiger partial charge in [-0.25, -0.2) is 0 Å². The maximum Gasteiger partial charge on any atom is 0.201 e. The van der Waals surface area contributed by atoms with E-state index < -0.39 is 63.9 Å². The Balaban J connectivity index is 0.771. The summed E-state index contributed by atoms with van der Waals surface area (Å²) in [5.41, 5.74) is 2.21. The summed E-state index contributed by atoms with van der Waals surface area (Å²) in [6.07, 6.45) is 10.7. The Morgan fingerprint density at radius 2 is 1.27 bits per heavy atom. The van der Waals surface area contributed by atoms with Gasteiger partial charge in [-0.1, -0.05) is 64.8 Å². The van der Waals surface area contributed by atoms with Crippen LogP contribution in [0.25, 0.3) is 0 Å². The highest BCUT2D eigenvalue weighted by Gasteiger charge is 2.79. The maximum absolute atomic E-state index is 12.9. The normalized spacial score (nSPS) is 58.2. The first kappa shape index (κ1) is 45.1. The van der Waals surface area contributed by atoms with Crippen molar-refractivity contribution >= 4 is 0 Å². The van der Waals surface area contributed by atoms with Crippen LogP contribution in [0, 0.1) is 80.8 Å². The number of rotatable bonds is 2.